The van der Waals surface area contributed by atoms with Crippen LogP contribution in [0.15, 0.2) is 40.3 Å². The van der Waals surface area contributed by atoms with Gasteiger partial charge in [0.15, 0.2) is 5.84 Å². The van der Waals surface area contributed by atoms with E-state index in [-0.39, 0.29) is 16.9 Å². The zero-order chi connectivity index (χ0) is 15.4. The predicted octanol–water partition coefficient (Wildman–Crippen LogP) is 0.256. The van der Waals surface area contributed by atoms with Crippen molar-refractivity contribution in [2.45, 2.75) is 0 Å². The van der Waals surface area contributed by atoms with Gasteiger partial charge in [-0.15, -0.1) is 0 Å². The molecular formula is C12H10FN5O3. The minimum absolute atomic E-state index is 0.00306. The molecule has 21 heavy (non-hydrogen) atoms. The van der Waals surface area contributed by atoms with E-state index >= 15 is 0 Å². The van der Waals surface area contributed by atoms with Crippen LogP contribution in [-0.2, 0) is 0 Å². The first-order chi connectivity index (χ1) is 10.0. The second-order valence-electron chi connectivity index (χ2n) is 3.91. The number of carbonyl (C=O) groups excluding carboxylic acids is 1. The Morgan fingerprint density at radius 2 is 2.14 bits per heavy atom. The van der Waals surface area contributed by atoms with Gasteiger partial charge in [-0.3, -0.25) is 9.59 Å². The summed E-state index contributed by atoms with van der Waals surface area (Å²) in [6.07, 6.45) is 0. The van der Waals surface area contributed by atoms with Gasteiger partial charge in [-0.05, 0) is 18.2 Å². The van der Waals surface area contributed by atoms with E-state index in [4.69, 9.17) is 10.9 Å². The van der Waals surface area contributed by atoms with E-state index in [0.717, 1.165) is 12.1 Å². The third kappa shape index (κ3) is 3.03. The Morgan fingerprint density at radius 1 is 1.38 bits per heavy atom. The van der Waals surface area contributed by atoms with Crippen molar-refractivity contribution in [2.24, 2.45) is 10.9 Å². The number of benzene rings is 1. The topological polar surface area (TPSA) is 133 Å². The lowest BCUT2D eigenvalue weighted by molar-refractivity contribution is 0.102. The van der Waals surface area contributed by atoms with Gasteiger partial charge < -0.3 is 16.3 Å². The van der Waals surface area contributed by atoms with Gasteiger partial charge in [0.2, 0.25) is 0 Å². The van der Waals surface area contributed by atoms with E-state index < -0.39 is 23.1 Å². The Bertz CT molecular complexity index is 751. The average Bonchev–Trinajstić information content (AvgIpc) is 2.47. The van der Waals surface area contributed by atoms with E-state index in [2.05, 4.69) is 20.7 Å². The lowest BCUT2D eigenvalue weighted by atomic mass is 10.1. The number of amidine groups is 1. The molecule has 0 aliphatic heterocycles. The van der Waals surface area contributed by atoms with Crippen molar-refractivity contribution in [1.82, 2.24) is 10.2 Å². The fraction of sp³-hybridized carbons (Fsp3) is 0. The van der Waals surface area contributed by atoms with Crippen molar-refractivity contribution < 1.29 is 14.4 Å². The lowest BCUT2D eigenvalue weighted by Gasteiger charge is -2.10. The fourth-order valence-electron chi connectivity index (χ4n) is 1.60. The van der Waals surface area contributed by atoms with E-state index in [1.807, 2.05) is 0 Å². The molecule has 1 heterocycles. The van der Waals surface area contributed by atoms with E-state index in [9.17, 15) is 14.0 Å². The molecule has 0 atom stereocenters. The molecule has 0 unspecified atom stereocenters. The van der Waals surface area contributed by atoms with E-state index in [0.29, 0.717) is 0 Å². The molecule has 0 fully saturated rings. The van der Waals surface area contributed by atoms with Crippen molar-refractivity contribution in [3.05, 3.63) is 57.8 Å². The minimum Gasteiger partial charge on any atom is -0.409 e. The summed E-state index contributed by atoms with van der Waals surface area (Å²) in [5, 5.41) is 19.4. The molecule has 0 spiro atoms. The number of nitrogens with two attached hydrogens (primary N) is 1. The number of halogens is 1. The number of oxime groups is 1. The van der Waals surface area contributed by atoms with Crippen molar-refractivity contribution in [2.75, 3.05) is 5.32 Å². The second-order valence-corrected chi connectivity index (χ2v) is 3.91. The standard InChI is InChI=1S/C12H10FN5O3/c13-6-2-1-3-7(10(6)11(14)18-21)15-12(20)8-4-5-9(19)17-16-8/h1-5,21H,(H2,14,18)(H,15,20)(H,17,19). The summed E-state index contributed by atoms with van der Waals surface area (Å²) in [7, 11) is 0. The number of anilines is 1. The summed E-state index contributed by atoms with van der Waals surface area (Å²) in [4.78, 5) is 22.8. The highest BCUT2D eigenvalue weighted by molar-refractivity contribution is 6.09. The molecule has 5 N–H and O–H groups in total. The number of rotatable bonds is 3. The number of hydrogen-bond acceptors (Lipinski definition) is 5. The molecule has 108 valence electrons. The first-order valence-electron chi connectivity index (χ1n) is 5.66. The Kier molecular flexibility index (Phi) is 3.93. The summed E-state index contributed by atoms with van der Waals surface area (Å²) in [5.74, 6) is -1.95. The van der Waals surface area contributed by atoms with E-state index in [1.54, 1.807) is 0 Å². The van der Waals surface area contributed by atoms with Gasteiger partial charge >= 0.3 is 0 Å². The van der Waals surface area contributed by atoms with Gasteiger partial charge in [0, 0.05) is 6.07 Å². The molecule has 8 nitrogen and oxygen atoms in total. The summed E-state index contributed by atoms with van der Waals surface area (Å²) in [6.45, 7) is 0. The summed E-state index contributed by atoms with van der Waals surface area (Å²) < 4.78 is 13.7. The normalized spacial score (nSPS) is 11.2. The van der Waals surface area contributed by atoms with Gasteiger partial charge in [0.25, 0.3) is 11.5 Å². The first kappa shape index (κ1) is 14.2. The van der Waals surface area contributed by atoms with Gasteiger partial charge in [-0.1, -0.05) is 11.2 Å². The number of nitrogens with one attached hydrogen (secondary N) is 2. The van der Waals surface area contributed by atoms with Gasteiger partial charge in [0.1, 0.15) is 11.5 Å². The zero-order valence-corrected chi connectivity index (χ0v) is 10.5. The number of amides is 1. The summed E-state index contributed by atoms with van der Waals surface area (Å²) >= 11 is 0. The minimum atomic E-state index is -0.766. The van der Waals surface area contributed by atoms with Gasteiger partial charge in [-0.25, -0.2) is 9.49 Å². The molecule has 9 heteroatoms. The first-order valence-corrected chi connectivity index (χ1v) is 5.66. The number of nitrogens with zero attached hydrogens (tertiary/aromatic N) is 2. The SMILES string of the molecule is N/C(=N/O)c1c(F)cccc1NC(=O)c1ccc(=O)[nH]n1. The average molecular weight is 291 g/mol. The maximum atomic E-state index is 13.7. The third-order valence-electron chi connectivity index (χ3n) is 2.54. The van der Waals surface area contributed by atoms with Crippen LogP contribution in [0.2, 0.25) is 0 Å². The third-order valence-corrected chi connectivity index (χ3v) is 2.54. The molecule has 0 radical (unpaired) electrons. The van der Waals surface area contributed by atoms with E-state index in [1.165, 1.54) is 18.2 Å². The zero-order valence-electron chi connectivity index (χ0n) is 10.5. The number of aromatic amines is 1. The molecule has 1 amide bonds. The second kappa shape index (κ2) is 5.82. The fourth-order valence-corrected chi connectivity index (χ4v) is 1.60. The van der Waals surface area contributed by atoms with Crippen LogP contribution in [0.3, 0.4) is 0 Å². The van der Waals surface area contributed by atoms with Crippen LogP contribution in [0.5, 0.6) is 0 Å². The van der Waals surface area contributed by atoms with Crippen LogP contribution in [0.25, 0.3) is 0 Å². The maximum absolute atomic E-state index is 13.7. The number of H-pyrrole nitrogens is 1. The van der Waals surface area contributed by atoms with Crippen LogP contribution in [-0.4, -0.2) is 27.1 Å². The largest absolute Gasteiger partial charge is 0.409 e. The van der Waals surface area contributed by atoms with Gasteiger partial charge in [0.05, 0.1) is 11.3 Å². The number of aromatic nitrogens is 2. The van der Waals surface area contributed by atoms with Crippen LogP contribution in [0.1, 0.15) is 16.1 Å². The molecule has 2 aromatic rings. The Morgan fingerprint density at radius 3 is 2.76 bits per heavy atom. The predicted molar refractivity (Wildman–Crippen MR) is 71.7 cm³/mol. The maximum Gasteiger partial charge on any atom is 0.276 e. The van der Waals surface area contributed by atoms with Crippen molar-refractivity contribution in [3.63, 3.8) is 0 Å². The summed E-state index contributed by atoms with van der Waals surface area (Å²) in [6, 6.07) is 6.15. The quantitative estimate of drug-likeness (QED) is 0.278. The van der Waals surface area contributed by atoms with Crippen LogP contribution >= 0.6 is 0 Å². The highest BCUT2D eigenvalue weighted by atomic mass is 19.1. The molecule has 1 aromatic heterocycles. The monoisotopic (exact) mass is 291 g/mol. The smallest absolute Gasteiger partial charge is 0.276 e. The molecular weight excluding hydrogens is 281 g/mol. The molecule has 0 aliphatic carbocycles. The van der Waals surface area contributed by atoms with Crippen LogP contribution in [0.4, 0.5) is 10.1 Å². The van der Waals surface area contributed by atoms with Gasteiger partial charge in [-0.2, -0.15) is 5.10 Å². The molecule has 2 rings (SSSR count). The molecule has 1 aromatic carbocycles. The Labute approximate surface area is 117 Å². The molecule has 0 saturated heterocycles. The highest BCUT2D eigenvalue weighted by Gasteiger charge is 2.16. The molecule has 0 saturated carbocycles. The summed E-state index contributed by atoms with van der Waals surface area (Å²) in [5.41, 5.74) is 4.58. The van der Waals surface area contributed by atoms with Crippen molar-refractivity contribution in [3.8, 4) is 0 Å². The Hall–Kier alpha value is -3.23. The van der Waals surface area contributed by atoms with Crippen LogP contribution in [0, 0.1) is 5.82 Å². The van der Waals surface area contributed by atoms with Crippen molar-refractivity contribution in [1.29, 1.82) is 0 Å². The number of carbonyl (C=O) groups is 1. The Balaban J connectivity index is 2.36. The molecule has 0 aliphatic rings. The number of hydrogen-bond donors (Lipinski definition) is 4. The van der Waals surface area contributed by atoms with Crippen LogP contribution < -0.4 is 16.6 Å². The van der Waals surface area contributed by atoms with Crippen molar-refractivity contribution >= 4 is 17.4 Å². The highest BCUT2D eigenvalue weighted by Crippen LogP contribution is 2.19. The lowest BCUT2D eigenvalue weighted by Crippen LogP contribution is -2.22. The molecule has 0 bridgehead atoms.